The van der Waals surface area contributed by atoms with Gasteiger partial charge in [0.15, 0.2) is 0 Å². The molecule has 0 aliphatic rings. The third-order valence-electron chi connectivity index (χ3n) is 0. The fraction of sp³-hybridized carbons (Fsp3) is 0. The molecule has 1 nitrogen and oxygen atoms in total. The monoisotopic (exact) mass is 63.0 g/mol. The predicted octanol–water partition coefficient (Wildman–Crippen LogP) is -2.65. The van der Waals surface area contributed by atoms with Crippen LogP contribution < -0.4 is 29.6 Å². The van der Waals surface area contributed by atoms with Crippen molar-refractivity contribution in [2.24, 2.45) is 0 Å². The predicted molar refractivity (Wildman–Crippen MR) is 11.0 cm³/mol. The van der Waals surface area contributed by atoms with Gasteiger partial charge in [-0.25, -0.2) is 5.26 Å². The van der Waals surface area contributed by atoms with Crippen LogP contribution in [-0.4, -0.2) is 0 Å². The van der Waals surface area contributed by atoms with Gasteiger partial charge in [-0.05, 0) is 0 Å². The average Bonchev–Trinajstić information content (AvgIpc) is 0.918. The maximum atomic E-state index is 7.21. The quantitative estimate of drug-likeness (QED) is 0.222. The molecule has 0 N–H and O–H groups in total. The molecule has 0 saturated carbocycles. The normalized spacial score (nSPS) is 1.75. The summed E-state index contributed by atoms with van der Waals surface area (Å²) in [4.78, 5) is 0. The molecule has 0 spiro atoms. The largest absolute Gasteiger partial charge is 1.00 e. The zero-order valence-corrected chi connectivity index (χ0v) is 4.65. The van der Waals surface area contributed by atoms with Gasteiger partial charge in [-0.15, -0.1) is 6.07 Å². The average molecular weight is 63.0 g/mol. The van der Waals surface area contributed by atoms with Gasteiger partial charge in [-0.3, -0.25) is 0 Å². The van der Waals surface area contributed by atoms with Crippen LogP contribution in [0.5, 0.6) is 0 Å². The smallest absolute Gasteiger partial charge is 0.305 e. The molecular weight excluding hydrogens is 61.0 g/mol. The van der Waals surface area contributed by atoms with Crippen LogP contribution in [0, 0.1) is 18.3 Å². The van der Waals surface area contributed by atoms with Gasteiger partial charge in [0, 0.05) is 0 Å². The van der Waals surface area contributed by atoms with Crippen LogP contribution in [-0.2, 0) is 0 Å². The van der Waals surface area contributed by atoms with Crippen LogP contribution in [0.2, 0.25) is 0 Å². The summed E-state index contributed by atoms with van der Waals surface area (Å²) in [7, 11) is 0. The molecule has 0 aromatic rings. The molecule has 16 valence electrons. The van der Waals surface area contributed by atoms with Crippen LogP contribution in [0.4, 0.5) is 0 Å². The zero-order chi connectivity index (χ0) is 2.71. The van der Waals surface area contributed by atoms with Crippen molar-refractivity contribution in [1.82, 2.24) is 0 Å². The maximum absolute atomic E-state index is 7.21. The fourth-order valence-electron chi connectivity index (χ4n) is 0. The van der Waals surface area contributed by atoms with E-state index in [2.05, 4.69) is 6.92 Å². The minimum absolute atomic E-state index is 0. The molecule has 0 aromatic carbocycles. The molecule has 0 aromatic heterocycles. The summed E-state index contributed by atoms with van der Waals surface area (Å²) in [5.41, 5.74) is 0. The number of hydrogen-bond acceptors (Lipinski definition) is 1. The Morgan fingerprint density at radius 2 is 1.75 bits per heavy atom. The van der Waals surface area contributed by atoms with Gasteiger partial charge in [-0.2, -0.15) is 0 Å². The van der Waals surface area contributed by atoms with E-state index in [0.717, 1.165) is 0 Å². The standard InChI is InChI=1S/C2H2N.Na/c1-2-3;/h1H2;/q-1;+1. The molecule has 0 saturated heterocycles. The van der Waals surface area contributed by atoms with Gasteiger partial charge in [0.25, 0.3) is 0 Å². The molecule has 0 amide bonds. The van der Waals surface area contributed by atoms with Gasteiger partial charge >= 0.3 is 29.6 Å². The van der Waals surface area contributed by atoms with Crippen LogP contribution in [0.3, 0.4) is 0 Å². The Balaban J connectivity index is 0. The molecule has 0 atom stereocenters. The SMILES string of the molecule is [CH2-]C#N.[Na+]. The molecule has 0 bridgehead atoms. The summed E-state index contributed by atoms with van der Waals surface area (Å²) >= 11 is 0. The topological polar surface area (TPSA) is 23.8 Å². The van der Waals surface area contributed by atoms with E-state index in [1.165, 1.54) is 6.07 Å². The first-order valence-corrected chi connectivity index (χ1v) is 0.577. The first-order chi connectivity index (χ1) is 1.41. The Morgan fingerprint density at radius 3 is 1.75 bits per heavy atom. The Labute approximate surface area is 47.9 Å². The van der Waals surface area contributed by atoms with E-state index in [1.54, 1.807) is 0 Å². The van der Waals surface area contributed by atoms with Gasteiger partial charge in [-0.1, -0.05) is 0 Å². The van der Waals surface area contributed by atoms with Gasteiger partial charge < -0.3 is 6.92 Å². The zero-order valence-electron chi connectivity index (χ0n) is 2.65. The van der Waals surface area contributed by atoms with Crippen molar-refractivity contribution in [3.05, 3.63) is 6.92 Å². The van der Waals surface area contributed by atoms with E-state index in [-0.39, 0.29) is 29.6 Å². The van der Waals surface area contributed by atoms with E-state index in [1.807, 2.05) is 0 Å². The van der Waals surface area contributed by atoms with Crippen molar-refractivity contribution in [2.45, 2.75) is 0 Å². The Morgan fingerprint density at radius 1 is 1.75 bits per heavy atom. The first-order valence-electron chi connectivity index (χ1n) is 0.577. The van der Waals surface area contributed by atoms with E-state index in [4.69, 9.17) is 5.26 Å². The summed E-state index contributed by atoms with van der Waals surface area (Å²) < 4.78 is 0. The van der Waals surface area contributed by atoms with Crippen LogP contribution in [0.1, 0.15) is 0 Å². The number of hydrogen-bond donors (Lipinski definition) is 0. The Hall–Kier alpha value is 0.360. The summed E-state index contributed by atoms with van der Waals surface area (Å²) in [6.07, 6.45) is 0. The first kappa shape index (κ1) is 8.84. The summed E-state index contributed by atoms with van der Waals surface area (Å²) in [5, 5.41) is 7.21. The molecule has 4 heavy (non-hydrogen) atoms. The van der Waals surface area contributed by atoms with E-state index in [0.29, 0.717) is 0 Å². The second kappa shape index (κ2) is 10.1. The third-order valence-corrected chi connectivity index (χ3v) is 0. The van der Waals surface area contributed by atoms with Crippen molar-refractivity contribution in [2.75, 3.05) is 0 Å². The molecule has 0 radical (unpaired) electrons. The fourth-order valence-corrected chi connectivity index (χ4v) is 0. The van der Waals surface area contributed by atoms with Crippen LogP contribution in [0.15, 0.2) is 0 Å². The molecule has 2 heteroatoms. The van der Waals surface area contributed by atoms with Crippen molar-refractivity contribution >= 4 is 0 Å². The van der Waals surface area contributed by atoms with E-state index >= 15 is 0 Å². The summed E-state index contributed by atoms with van der Waals surface area (Å²) in [5.74, 6) is 0. The molecular formula is C2H2NNa. The van der Waals surface area contributed by atoms with Gasteiger partial charge in [0.1, 0.15) is 0 Å². The molecule has 0 aliphatic heterocycles. The van der Waals surface area contributed by atoms with Crippen LogP contribution >= 0.6 is 0 Å². The minimum Gasteiger partial charge on any atom is -0.305 e. The van der Waals surface area contributed by atoms with E-state index < -0.39 is 0 Å². The number of nitriles is 1. The van der Waals surface area contributed by atoms with Crippen LogP contribution in [0.25, 0.3) is 0 Å². The second-order valence-electron chi connectivity index (χ2n) is 0.158. The second-order valence-corrected chi connectivity index (χ2v) is 0.158. The summed E-state index contributed by atoms with van der Waals surface area (Å²) in [6.45, 7) is 2.79. The van der Waals surface area contributed by atoms with Gasteiger partial charge in [0.2, 0.25) is 0 Å². The van der Waals surface area contributed by atoms with Gasteiger partial charge in [0.05, 0.1) is 0 Å². The number of nitrogens with zero attached hydrogens (tertiary/aromatic N) is 1. The Bertz CT molecular complexity index is 27.5. The molecule has 0 heterocycles. The van der Waals surface area contributed by atoms with Crippen molar-refractivity contribution in [3.63, 3.8) is 0 Å². The van der Waals surface area contributed by atoms with Crippen molar-refractivity contribution in [3.8, 4) is 6.07 Å². The summed E-state index contributed by atoms with van der Waals surface area (Å²) in [6, 6.07) is 1.50. The maximum Gasteiger partial charge on any atom is 1.00 e. The number of rotatable bonds is 0. The molecule has 0 unspecified atom stereocenters. The third kappa shape index (κ3) is 33.7. The molecule has 0 rings (SSSR count). The van der Waals surface area contributed by atoms with Crippen molar-refractivity contribution < 1.29 is 29.6 Å². The molecule has 0 aliphatic carbocycles. The van der Waals surface area contributed by atoms with E-state index in [9.17, 15) is 0 Å². The minimum atomic E-state index is 0. The molecule has 0 fully saturated rings. The Kier molecular flexibility index (Phi) is 22.4. The van der Waals surface area contributed by atoms with Crippen molar-refractivity contribution in [1.29, 1.82) is 5.26 Å².